The summed E-state index contributed by atoms with van der Waals surface area (Å²) < 4.78 is 0. The molecule has 2 aromatic rings. The van der Waals surface area contributed by atoms with Crippen LogP contribution in [0.25, 0.3) is 0 Å². The Hall–Kier alpha value is -3.06. The highest BCUT2D eigenvalue weighted by atomic mass is 16.4. The zero-order valence-corrected chi connectivity index (χ0v) is 14.0. The van der Waals surface area contributed by atoms with Crippen LogP contribution in [0.5, 0.6) is 11.5 Å². The van der Waals surface area contributed by atoms with E-state index in [0.717, 1.165) is 11.1 Å². The number of aromatic hydroxyl groups is 2. The number of carbonyl (C=O) groups is 2. The quantitative estimate of drug-likeness (QED) is 0.501. The Balaban J connectivity index is 1.73. The summed E-state index contributed by atoms with van der Waals surface area (Å²) in [5.41, 5.74) is 7.51. The van der Waals surface area contributed by atoms with E-state index in [0.29, 0.717) is 18.4 Å². The van der Waals surface area contributed by atoms with Gasteiger partial charge in [-0.2, -0.15) is 0 Å². The summed E-state index contributed by atoms with van der Waals surface area (Å²) in [4.78, 5) is 24.2. The lowest BCUT2D eigenvalue weighted by Crippen LogP contribution is -2.58. The number of carboxylic acid groups (broad SMARTS) is 1. The first-order valence-electron chi connectivity index (χ1n) is 8.19. The third-order valence-electron chi connectivity index (χ3n) is 4.67. The summed E-state index contributed by atoms with van der Waals surface area (Å²) in [6.45, 7) is 0. The lowest BCUT2D eigenvalue weighted by molar-refractivity contribution is -0.142. The van der Waals surface area contributed by atoms with Gasteiger partial charge in [-0.25, -0.2) is 4.79 Å². The zero-order valence-electron chi connectivity index (χ0n) is 14.0. The molecule has 3 rings (SSSR count). The van der Waals surface area contributed by atoms with Gasteiger partial charge in [-0.1, -0.05) is 30.3 Å². The Morgan fingerprint density at radius 1 is 1.08 bits per heavy atom. The minimum Gasteiger partial charge on any atom is -0.504 e. The average Bonchev–Trinajstić information content (AvgIpc) is 2.94. The maximum atomic E-state index is 12.7. The van der Waals surface area contributed by atoms with Crippen LogP contribution in [0, 0.1) is 0 Å². The molecule has 0 spiro atoms. The van der Waals surface area contributed by atoms with Gasteiger partial charge in [0.1, 0.15) is 11.6 Å². The molecular weight excluding hydrogens is 336 g/mol. The SMILES string of the molecule is NC1(C(=O)N[C@@H](Cc2ccc(O)c(O)c2)C(=O)O)Cc2ccccc2C1. The Morgan fingerprint density at radius 3 is 2.23 bits per heavy atom. The summed E-state index contributed by atoms with van der Waals surface area (Å²) in [5.74, 6) is -2.37. The molecule has 2 aromatic carbocycles. The predicted molar refractivity (Wildman–Crippen MR) is 93.8 cm³/mol. The molecule has 7 nitrogen and oxygen atoms in total. The lowest BCUT2D eigenvalue weighted by Gasteiger charge is -2.25. The Bertz CT molecular complexity index is 840. The number of carboxylic acids is 1. The van der Waals surface area contributed by atoms with Gasteiger partial charge in [-0.15, -0.1) is 0 Å². The number of hydrogen-bond acceptors (Lipinski definition) is 5. The summed E-state index contributed by atoms with van der Waals surface area (Å²) in [5, 5.41) is 30.8. The third-order valence-corrected chi connectivity index (χ3v) is 4.67. The summed E-state index contributed by atoms with van der Waals surface area (Å²) in [7, 11) is 0. The first-order valence-corrected chi connectivity index (χ1v) is 8.19. The summed E-state index contributed by atoms with van der Waals surface area (Å²) >= 11 is 0. The molecule has 26 heavy (non-hydrogen) atoms. The second-order valence-electron chi connectivity index (χ2n) is 6.67. The maximum Gasteiger partial charge on any atom is 0.326 e. The number of fused-ring (bicyclic) bond motifs is 1. The number of nitrogens with two attached hydrogens (primary N) is 1. The number of carbonyl (C=O) groups excluding carboxylic acids is 1. The smallest absolute Gasteiger partial charge is 0.326 e. The molecular formula is C19H20N2O5. The van der Waals surface area contributed by atoms with Crippen LogP contribution in [0.2, 0.25) is 0 Å². The van der Waals surface area contributed by atoms with Crippen molar-refractivity contribution >= 4 is 11.9 Å². The first kappa shape index (κ1) is 17.8. The van der Waals surface area contributed by atoms with Crippen molar-refractivity contribution in [1.82, 2.24) is 5.32 Å². The fraction of sp³-hybridized carbons (Fsp3) is 0.263. The van der Waals surface area contributed by atoms with Gasteiger partial charge in [0.15, 0.2) is 11.5 Å². The number of amides is 1. The van der Waals surface area contributed by atoms with E-state index < -0.39 is 23.5 Å². The molecule has 7 heteroatoms. The number of phenols is 2. The van der Waals surface area contributed by atoms with Gasteiger partial charge in [0, 0.05) is 6.42 Å². The fourth-order valence-electron chi connectivity index (χ4n) is 3.24. The van der Waals surface area contributed by atoms with Gasteiger partial charge in [0.25, 0.3) is 0 Å². The van der Waals surface area contributed by atoms with Gasteiger partial charge in [0.2, 0.25) is 5.91 Å². The molecule has 0 heterocycles. The van der Waals surface area contributed by atoms with E-state index in [9.17, 15) is 24.9 Å². The van der Waals surface area contributed by atoms with E-state index >= 15 is 0 Å². The van der Waals surface area contributed by atoms with Crippen molar-refractivity contribution in [3.63, 3.8) is 0 Å². The first-order chi connectivity index (χ1) is 12.3. The normalized spacial score (nSPS) is 15.9. The van der Waals surface area contributed by atoms with Gasteiger partial charge >= 0.3 is 5.97 Å². The minimum atomic E-state index is -1.20. The van der Waals surface area contributed by atoms with Crippen molar-refractivity contribution in [3.8, 4) is 11.5 Å². The van der Waals surface area contributed by atoms with Gasteiger partial charge in [-0.3, -0.25) is 4.79 Å². The molecule has 0 saturated carbocycles. The number of aliphatic carboxylic acids is 1. The van der Waals surface area contributed by atoms with E-state index in [4.69, 9.17) is 5.73 Å². The molecule has 0 saturated heterocycles. The molecule has 6 N–H and O–H groups in total. The Kier molecular flexibility index (Phi) is 4.56. The predicted octanol–water partition coefficient (Wildman–Crippen LogP) is 0.706. The largest absolute Gasteiger partial charge is 0.504 e. The number of nitrogens with one attached hydrogen (secondary N) is 1. The van der Waals surface area contributed by atoms with E-state index in [-0.39, 0.29) is 17.9 Å². The van der Waals surface area contributed by atoms with Crippen LogP contribution in [0.15, 0.2) is 42.5 Å². The molecule has 1 aliphatic rings. The topological polar surface area (TPSA) is 133 Å². The van der Waals surface area contributed by atoms with Gasteiger partial charge in [-0.05, 0) is 41.7 Å². The molecule has 0 aromatic heterocycles. The highest BCUT2D eigenvalue weighted by Crippen LogP contribution is 2.29. The van der Waals surface area contributed by atoms with Crippen LogP contribution in [-0.4, -0.2) is 38.8 Å². The van der Waals surface area contributed by atoms with Crippen molar-refractivity contribution in [2.75, 3.05) is 0 Å². The molecule has 136 valence electrons. The van der Waals surface area contributed by atoms with Crippen LogP contribution in [0.1, 0.15) is 16.7 Å². The van der Waals surface area contributed by atoms with Crippen LogP contribution in [0.3, 0.4) is 0 Å². The second-order valence-corrected chi connectivity index (χ2v) is 6.67. The van der Waals surface area contributed by atoms with Crippen LogP contribution in [-0.2, 0) is 28.9 Å². The molecule has 1 aliphatic carbocycles. The van der Waals surface area contributed by atoms with Crippen LogP contribution >= 0.6 is 0 Å². The van der Waals surface area contributed by atoms with Crippen molar-refractivity contribution in [1.29, 1.82) is 0 Å². The fourth-order valence-corrected chi connectivity index (χ4v) is 3.24. The molecule has 1 atom stereocenters. The maximum absolute atomic E-state index is 12.7. The monoisotopic (exact) mass is 356 g/mol. The van der Waals surface area contributed by atoms with E-state index in [1.165, 1.54) is 18.2 Å². The molecule has 0 unspecified atom stereocenters. The van der Waals surface area contributed by atoms with Gasteiger partial charge < -0.3 is 26.4 Å². The van der Waals surface area contributed by atoms with E-state index in [2.05, 4.69) is 5.32 Å². The lowest BCUT2D eigenvalue weighted by atomic mass is 9.95. The molecule has 0 radical (unpaired) electrons. The highest BCUT2D eigenvalue weighted by molar-refractivity contribution is 5.91. The van der Waals surface area contributed by atoms with Gasteiger partial charge in [0.05, 0.1) is 0 Å². The number of hydrogen-bond donors (Lipinski definition) is 5. The zero-order chi connectivity index (χ0) is 18.9. The Labute approximate surface area is 150 Å². The molecule has 0 bridgehead atoms. The second kappa shape index (κ2) is 6.68. The number of phenolic OH excluding ortho intramolecular Hbond substituents is 2. The van der Waals surface area contributed by atoms with Crippen molar-refractivity contribution in [2.24, 2.45) is 5.73 Å². The third kappa shape index (κ3) is 3.48. The standard InChI is InChI=1S/C19H20N2O5/c20-19(9-12-3-1-2-4-13(12)10-19)18(26)21-14(17(24)25)7-11-5-6-15(22)16(23)8-11/h1-6,8,14,22-23H,7,9-10,20H2,(H,21,26)(H,24,25)/t14-/m0/s1. The van der Waals surface area contributed by atoms with E-state index in [1.54, 1.807) is 0 Å². The molecule has 0 aliphatic heterocycles. The van der Waals surface area contributed by atoms with Crippen LogP contribution < -0.4 is 11.1 Å². The number of rotatable bonds is 5. The molecule has 0 fully saturated rings. The Morgan fingerprint density at radius 2 is 1.69 bits per heavy atom. The average molecular weight is 356 g/mol. The van der Waals surface area contributed by atoms with Crippen LogP contribution in [0.4, 0.5) is 0 Å². The van der Waals surface area contributed by atoms with Crippen molar-refractivity contribution in [2.45, 2.75) is 30.8 Å². The highest BCUT2D eigenvalue weighted by Gasteiger charge is 2.41. The number of benzene rings is 2. The van der Waals surface area contributed by atoms with E-state index in [1.807, 2.05) is 24.3 Å². The summed E-state index contributed by atoms with van der Waals surface area (Å²) in [6.07, 6.45) is 0.653. The minimum absolute atomic E-state index is 0.0437. The molecule has 1 amide bonds. The summed E-state index contributed by atoms with van der Waals surface area (Å²) in [6, 6.07) is 10.4. The van der Waals surface area contributed by atoms with Crippen molar-refractivity contribution < 1.29 is 24.9 Å². The van der Waals surface area contributed by atoms with Crippen molar-refractivity contribution in [3.05, 3.63) is 59.2 Å².